The first-order valence-electron chi connectivity index (χ1n) is 8.52. The Morgan fingerprint density at radius 1 is 1.30 bits per heavy atom. The molecule has 23 heavy (non-hydrogen) atoms. The predicted octanol–water partition coefficient (Wildman–Crippen LogP) is 2.61. The van der Waals surface area contributed by atoms with Gasteiger partial charge in [0.05, 0.1) is 5.92 Å². The van der Waals surface area contributed by atoms with Gasteiger partial charge in [0.2, 0.25) is 5.91 Å². The van der Waals surface area contributed by atoms with Gasteiger partial charge in [-0.15, -0.1) is 0 Å². The molecule has 2 aliphatic heterocycles. The van der Waals surface area contributed by atoms with Crippen molar-refractivity contribution in [1.29, 1.82) is 0 Å². The molecule has 2 heterocycles. The van der Waals surface area contributed by atoms with E-state index in [-0.39, 0.29) is 17.2 Å². The van der Waals surface area contributed by atoms with Crippen LogP contribution in [-0.4, -0.2) is 38.8 Å². The zero-order chi connectivity index (χ0) is 16.1. The number of hydrogen-bond acceptors (Lipinski definition) is 3. The van der Waals surface area contributed by atoms with E-state index in [9.17, 15) is 4.79 Å². The van der Waals surface area contributed by atoms with Crippen molar-refractivity contribution in [3.05, 3.63) is 34.3 Å². The molecule has 1 atom stereocenters. The Kier molecular flexibility index (Phi) is 5.72. The van der Waals surface area contributed by atoms with Crippen LogP contribution in [-0.2, 0) is 14.9 Å². The highest BCUT2D eigenvalue weighted by atomic mass is 79.9. The SMILES string of the molecule is O=C(NCC1(c2ccc(Br)cc2)CCOCC1)C1CCCNC1. The Hall–Kier alpha value is -0.910. The topological polar surface area (TPSA) is 50.4 Å². The molecule has 0 radical (unpaired) electrons. The van der Waals surface area contributed by atoms with Gasteiger partial charge in [0, 0.05) is 36.2 Å². The summed E-state index contributed by atoms with van der Waals surface area (Å²) in [5, 5.41) is 6.54. The second-order valence-electron chi connectivity index (χ2n) is 6.66. The third-order valence-electron chi connectivity index (χ3n) is 5.18. The normalized spacial score (nSPS) is 24.1. The Labute approximate surface area is 146 Å². The van der Waals surface area contributed by atoms with Crippen molar-refractivity contribution < 1.29 is 9.53 Å². The van der Waals surface area contributed by atoms with Gasteiger partial charge in [0.15, 0.2) is 0 Å². The third-order valence-corrected chi connectivity index (χ3v) is 5.70. The number of rotatable bonds is 4. The van der Waals surface area contributed by atoms with Crippen LogP contribution >= 0.6 is 15.9 Å². The number of hydrogen-bond donors (Lipinski definition) is 2. The molecular weight excluding hydrogens is 356 g/mol. The van der Waals surface area contributed by atoms with Crippen LogP contribution in [0, 0.1) is 5.92 Å². The number of benzene rings is 1. The average Bonchev–Trinajstić information content (AvgIpc) is 2.62. The molecule has 2 fully saturated rings. The molecule has 0 aromatic heterocycles. The van der Waals surface area contributed by atoms with Gasteiger partial charge >= 0.3 is 0 Å². The summed E-state index contributed by atoms with van der Waals surface area (Å²) >= 11 is 3.50. The van der Waals surface area contributed by atoms with Crippen molar-refractivity contribution in [2.24, 2.45) is 5.92 Å². The fourth-order valence-corrected chi connectivity index (χ4v) is 3.87. The van der Waals surface area contributed by atoms with Crippen LogP contribution in [0.15, 0.2) is 28.7 Å². The fraction of sp³-hybridized carbons (Fsp3) is 0.611. The molecule has 0 aliphatic carbocycles. The number of carbonyl (C=O) groups is 1. The minimum atomic E-state index is -0.00327. The Morgan fingerprint density at radius 3 is 2.70 bits per heavy atom. The molecule has 2 aliphatic rings. The molecule has 0 spiro atoms. The van der Waals surface area contributed by atoms with E-state index in [0.29, 0.717) is 6.54 Å². The Balaban J connectivity index is 1.69. The highest BCUT2D eigenvalue weighted by Gasteiger charge is 2.35. The van der Waals surface area contributed by atoms with Gasteiger partial charge in [-0.1, -0.05) is 28.1 Å². The first kappa shape index (κ1) is 16.9. The smallest absolute Gasteiger partial charge is 0.224 e. The van der Waals surface area contributed by atoms with Gasteiger partial charge in [0.25, 0.3) is 0 Å². The lowest BCUT2D eigenvalue weighted by Crippen LogP contribution is -2.48. The molecule has 1 aromatic rings. The number of ether oxygens (including phenoxy) is 1. The minimum Gasteiger partial charge on any atom is -0.381 e. The summed E-state index contributed by atoms with van der Waals surface area (Å²) < 4.78 is 6.65. The second kappa shape index (κ2) is 7.77. The van der Waals surface area contributed by atoms with Crippen LogP contribution in [0.5, 0.6) is 0 Å². The summed E-state index contributed by atoms with van der Waals surface area (Å²) in [5.41, 5.74) is 1.29. The fourth-order valence-electron chi connectivity index (χ4n) is 3.61. The van der Waals surface area contributed by atoms with E-state index in [1.165, 1.54) is 5.56 Å². The number of amides is 1. The standard InChI is InChI=1S/C18H25BrN2O2/c19-16-5-3-15(4-6-16)18(7-10-23-11-8-18)13-21-17(22)14-2-1-9-20-12-14/h3-6,14,20H,1-2,7-13H2,(H,21,22). The van der Waals surface area contributed by atoms with Crippen molar-refractivity contribution in [3.63, 3.8) is 0 Å². The summed E-state index contributed by atoms with van der Waals surface area (Å²) in [4.78, 5) is 12.5. The van der Waals surface area contributed by atoms with E-state index < -0.39 is 0 Å². The van der Waals surface area contributed by atoms with Gasteiger partial charge < -0.3 is 15.4 Å². The number of nitrogens with one attached hydrogen (secondary N) is 2. The maximum atomic E-state index is 12.5. The van der Waals surface area contributed by atoms with Crippen LogP contribution in [0.2, 0.25) is 0 Å². The van der Waals surface area contributed by atoms with E-state index in [2.05, 4.69) is 50.8 Å². The van der Waals surface area contributed by atoms with Gasteiger partial charge in [-0.05, 0) is 49.9 Å². The summed E-state index contributed by atoms with van der Waals surface area (Å²) in [7, 11) is 0. The second-order valence-corrected chi connectivity index (χ2v) is 7.58. The first-order chi connectivity index (χ1) is 11.2. The zero-order valence-electron chi connectivity index (χ0n) is 13.4. The summed E-state index contributed by atoms with van der Waals surface area (Å²) in [5.74, 6) is 0.311. The maximum Gasteiger partial charge on any atom is 0.224 e. The Morgan fingerprint density at radius 2 is 2.04 bits per heavy atom. The summed E-state index contributed by atoms with van der Waals surface area (Å²) in [6, 6.07) is 8.51. The molecule has 0 bridgehead atoms. The van der Waals surface area contributed by atoms with Gasteiger partial charge in [-0.3, -0.25) is 4.79 Å². The molecule has 2 N–H and O–H groups in total. The third kappa shape index (κ3) is 4.14. The van der Waals surface area contributed by atoms with Crippen LogP contribution in [0.1, 0.15) is 31.2 Å². The molecule has 3 rings (SSSR count). The summed E-state index contributed by atoms with van der Waals surface area (Å²) in [6.45, 7) is 4.06. The first-order valence-corrected chi connectivity index (χ1v) is 9.31. The highest BCUT2D eigenvalue weighted by Crippen LogP contribution is 2.35. The molecular formula is C18H25BrN2O2. The Bertz CT molecular complexity index is 520. The molecule has 5 heteroatoms. The molecule has 4 nitrogen and oxygen atoms in total. The van der Waals surface area contributed by atoms with E-state index in [4.69, 9.17) is 4.74 Å². The van der Waals surface area contributed by atoms with E-state index in [1.54, 1.807) is 0 Å². The molecule has 1 aromatic carbocycles. The maximum absolute atomic E-state index is 12.5. The highest BCUT2D eigenvalue weighted by molar-refractivity contribution is 9.10. The average molecular weight is 381 g/mol. The quantitative estimate of drug-likeness (QED) is 0.843. The zero-order valence-corrected chi connectivity index (χ0v) is 15.0. The molecule has 126 valence electrons. The molecule has 2 saturated heterocycles. The predicted molar refractivity (Wildman–Crippen MR) is 94.5 cm³/mol. The van der Waals surface area contributed by atoms with Crippen molar-refractivity contribution in [3.8, 4) is 0 Å². The van der Waals surface area contributed by atoms with Crippen molar-refractivity contribution in [2.75, 3.05) is 32.8 Å². The van der Waals surface area contributed by atoms with Crippen LogP contribution in [0.3, 0.4) is 0 Å². The number of carbonyl (C=O) groups excluding carboxylic acids is 1. The number of halogens is 1. The molecule has 1 amide bonds. The van der Waals surface area contributed by atoms with Gasteiger partial charge in [-0.2, -0.15) is 0 Å². The van der Waals surface area contributed by atoms with Crippen LogP contribution in [0.25, 0.3) is 0 Å². The summed E-state index contributed by atoms with van der Waals surface area (Å²) in [6.07, 6.45) is 3.99. The molecule has 1 unspecified atom stereocenters. The van der Waals surface area contributed by atoms with Crippen LogP contribution in [0.4, 0.5) is 0 Å². The van der Waals surface area contributed by atoms with Gasteiger partial charge in [0.1, 0.15) is 0 Å². The van der Waals surface area contributed by atoms with Crippen LogP contribution < -0.4 is 10.6 Å². The molecule has 0 saturated carbocycles. The lowest BCUT2D eigenvalue weighted by atomic mass is 9.74. The minimum absolute atomic E-state index is 0.00327. The van der Waals surface area contributed by atoms with E-state index >= 15 is 0 Å². The number of piperidine rings is 1. The lowest BCUT2D eigenvalue weighted by molar-refractivity contribution is -0.126. The van der Waals surface area contributed by atoms with E-state index in [0.717, 1.165) is 56.5 Å². The lowest BCUT2D eigenvalue weighted by Gasteiger charge is -2.38. The van der Waals surface area contributed by atoms with Crippen molar-refractivity contribution in [1.82, 2.24) is 10.6 Å². The largest absolute Gasteiger partial charge is 0.381 e. The van der Waals surface area contributed by atoms with Crippen molar-refractivity contribution >= 4 is 21.8 Å². The van der Waals surface area contributed by atoms with Gasteiger partial charge in [-0.25, -0.2) is 0 Å². The van der Waals surface area contributed by atoms with Crippen molar-refractivity contribution in [2.45, 2.75) is 31.1 Å². The van der Waals surface area contributed by atoms with E-state index in [1.807, 2.05) is 0 Å². The monoisotopic (exact) mass is 380 g/mol.